The lowest BCUT2D eigenvalue weighted by Gasteiger charge is -2.18. The van der Waals surface area contributed by atoms with E-state index in [9.17, 15) is 13.8 Å². The van der Waals surface area contributed by atoms with E-state index in [1.54, 1.807) is 13.2 Å². The molecule has 0 heterocycles. The molecule has 0 aliphatic carbocycles. The van der Waals surface area contributed by atoms with Gasteiger partial charge in [-0.15, -0.1) is 0 Å². The first-order valence-electron chi connectivity index (χ1n) is 5.95. The largest absolute Gasteiger partial charge is 0.480 e. The minimum absolute atomic E-state index is 0.140. The summed E-state index contributed by atoms with van der Waals surface area (Å²) in [5.74, 6) is 0.143. The summed E-state index contributed by atoms with van der Waals surface area (Å²) in [6.07, 6.45) is 4.47. The molecule has 0 saturated heterocycles. The minimum atomic E-state index is -1.04. The first kappa shape index (κ1) is 18.2. The average molecular weight is 310 g/mol. The molecule has 6 nitrogen and oxygen atoms in total. The lowest BCUT2D eigenvalue weighted by molar-refractivity contribution is -0.139. The van der Waals surface area contributed by atoms with Crippen LogP contribution in [0.2, 0.25) is 0 Å². The quantitative estimate of drug-likeness (QED) is 0.581. The summed E-state index contributed by atoms with van der Waals surface area (Å²) in [6, 6.07) is -1.51. The van der Waals surface area contributed by atoms with Gasteiger partial charge in [0, 0.05) is 28.9 Å². The Balaban J connectivity index is 4.10. The molecule has 0 spiro atoms. The van der Waals surface area contributed by atoms with Crippen LogP contribution in [0.15, 0.2) is 0 Å². The number of thioether (sulfide) groups is 1. The molecule has 8 heteroatoms. The SMILES string of the molecule is CSCC[C@@H](NC(=O)NC(C)CCS(C)=O)C(=O)O. The summed E-state index contributed by atoms with van der Waals surface area (Å²) in [4.78, 5) is 22.6. The number of hydrogen-bond donors (Lipinski definition) is 3. The molecule has 0 aromatic carbocycles. The number of amides is 2. The second-order valence-electron chi connectivity index (χ2n) is 4.26. The maximum absolute atomic E-state index is 11.6. The molecular formula is C11H22N2O4S2. The minimum Gasteiger partial charge on any atom is -0.480 e. The number of rotatable bonds is 9. The monoisotopic (exact) mass is 310 g/mol. The van der Waals surface area contributed by atoms with Crippen molar-refractivity contribution in [3.8, 4) is 0 Å². The number of carbonyl (C=O) groups is 2. The van der Waals surface area contributed by atoms with E-state index in [-0.39, 0.29) is 6.04 Å². The molecular weight excluding hydrogens is 288 g/mol. The van der Waals surface area contributed by atoms with Crippen LogP contribution in [0, 0.1) is 0 Å². The molecule has 0 aliphatic heterocycles. The Hall–Kier alpha value is -0.760. The molecule has 2 amide bonds. The second kappa shape index (κ2) is 10.1. The van der Waals surface area contributed by atoms with E-state index in [1.165, 1.54) is 11.8 Å². The Labute approximate surface area is 120 Å². The van der Waals surface area contributed by atoms with Crippen molar-refractivity contribution in [1.29, 1.82) is 0 Å². The van der Waals surface area contributed by atoms with E-state index < -0.39 is 28.8 Å². The zero-order valence-electron chi connectivity index (χ0n) is 11.5. The molecule has 19 heavy (non-hydrogen) atoms. The van der Waals surface area contributed by atoms with Crippen LogP contribution in [0.25, 0.3) is 0 Å². The Kier molecular flexibility index (Phi) is 9.68. The van der Waals surface area contributed by atoms with Crippen LogP contribution < -0.4 is 10.6 Å². The van der Waals surface area contributed by atoms with Crippen LogP contribution in [0.1, 0.15) is 19.8 Å². The van der Waals surface area contributed by atoms with Crippen molar-refractivity contribution in [1.82, 2.24) is 10.6 Å². The Morgan fingerprint density at radius 1 is 1.32 bits per heavy atom. The van der Waals surface area contributed by atoms with Gasteiger partial charge in [-0.25, -0.2) is 9.59 Å². The van der Waals surface area contributed by atoms with Gasteiger partial charge in [0.15, 0.2) is 0 Å². The lowest BCUT2D eigenvalue weighted by atomic mass is 10.2. The highest BCUT2D eigenvalue weighted by molar-refractivity contribution is 7.98. The van der Waals surface area contributed by atoms with Crippen LogP contribution >= 0.6 is 11.8 Å². The van der Waals surface area contributed by atoms with Crippen LogP contribution in [-0.2, 0) is 15.6 Å². The molecule has 3 atom stereocenters. The van der Waals surface area contributed by atoms with Gasteiger partial charge in [0.1, 0.15) is 6.04 Å². The topological polar surface area (TPSA) is 95.5 Å². The second-order valence-corrected chi connectivity index (χ2v) is 6.80. The van der Waals surface area contributed by atoms with Gasteiger partial charge in [-0.2, -0.15) is 11.8 Å². The number of carboxylic acid groups (broad SMARTS) is 1. The molecule has 0 fully saturated rings. The molecule has 112 valence electrons. The zero-order valence-corrected chi connectivity index (χ0v) is 13.1. The van der Waals surface area contributed by atoms with Gasteiger partial charge in [0.25, 0.3) is 0 Å². The zero-order chi connectivity index (χ0) is 14.8. The molecule has 0 bridgehead atoms. The number of aliphatic carboxylic acids is 1. The van der Waals surface area contributed by atoms with E-state index >= 15 is 0 Å². The maximum atomic E-state index is 11.6. The van der Waals surface area contributed by atoms with Crippen molar-refractivity contribution in [2.75, 3.05) is 24.0 Å². The van der Waals surface area contributed by atoms with Gasteiger partial charge >= 0.3 is 12.0 Å². The number of carboxylic acids is 1. The summed E-state index contributed by atoms with van der Waals surface area (Å²) < 4.78 is 10.9. The third-order valence-corrected chi connectivity index (χ3v) is 3.88. The van der Waals surface area contributed by atoms with E-state index in [0.29, 0.717) is 24.3 Å². The summed E-state index contributed by atoms with van der Waals surface area (Å²) in [6.45, 7) is 1.80. The van der Waals surface area contributed by atoms with Crippen molar-refractivity contribution in [3.63, 3.8) is 0 Å². The number of hydrogen-bond acceptors (Lipinski definition) is 4. The molecule has 0 radical (unpaired) electrons. The third-order valence-electron chi connectivity index (χ3n) is 2.43. The standard InChI is InChI=1S/C11H22N2O4S2/c1-8(5-7-19(3)17)12-11(16)13-9(10(14)15)4-6-18-2/h8-9H,4-7H2,1-3H3,(H,14,15)(H2,12,13,16)/t8?,9-,19?/m1/s1. The van der Waals surface area contributed by atoms with E-state index in [1.807, 2.05) is 6.26 Å². The van der Waals surface area contributed by atoms with Crippen LogP contribution in [0.4, 0.5) is 4.79 Å². The lowest BCUT2D eigenvalue weighted by Crippen LogP contribution is -2.48. The van der Waals surface area contributed by atoms with Crippen LogP contribution in [0.3, 0.4) is 0 Å². The highest BCUT2D eigenvalue weighted by Crippen LogP contribution is 2.01. The molecule has 3 N–H and O–H groups in total. The highest BCUT2D eigenvalue weighted by atomic mass is 32.2. The fraction of sp³-hybridized carbons (Fsp3) is 0.818. The fourth-order valence-corrected chi connectivity index (χ4v) is 2.49. The molecule has 0 aliphatic rings. The highest BCUT2D eigenvalue weighted by Gasteiger charge is 2.19. The Bertz CT molecular complexity index is 326. The van der Waals surface area contributed by atoms with Gasteiger partial charge in [-0.3, -0.25) is 4.21 Å². The molecule has 0 rings (SSSR count). The third kappa shape index (κ3) is 9.77. The van der Waals surface area contributed by atoms with Gasteiger partial charge in [0.2, 0.25) is 0 Å². The molecule has 0 saturated carbocycles. The number of urea groups is 1. The summed E-state index contributed by atoms with van der Waals surface area (Å²) in [7, 11) is -0.892. The van der Waals surface area contributed by atoms with Gasteiger partial charge in [-0.1, -0.05) is 0 Å². The summed E-state index contributed by atoms with van der Waals surface area (Å²) in [5, 5.41) is 14.0. The Morgan fingerprint density at radius 3 is 2.42 bits per heavy atom. The van der Waals surface area contributed by atoms with E-state index in [0.717, 1.165) is 0 Å². The van der Waals surface area contributed by atoms with Crippen molar-refractivity contribution in [3.05, 3.63) is 0 Å². The first-order chi connectivity index (χ1) is 8.86. The summed E-state index contributed by atoms with van der Waals surface area (Å²) in [5.41, 5.74) is 0. The smallest absolute Gasteiger partial charge is 0.326 e. The Morgan fingerprint density at radius 2 is 1.95 bits per heavy atom. The predicted molar refractivity (Wildman–Crippen MR) is 79.1 cm³/mol. The average Bonchev–Trinajstić information content (AvgIpc) is 2.31. The van der Waals surface area contributed by atoms with Crippen LogP contribution in [-0.4, -0.2) is 57.4 Å². The predicted octanol–water partition coefficient (Wildman–Crippen LogP) is 0.649. The van der Waals surface area contributed by atoms with E-state index in [4.69, 9.17) is 5.11 Å². The summed E-state index contributed by atoms with van der Waals surface area (Å²) >= 11 is 1.53. The fourth-order valence-electron chi connectivity index (χ4n) is 1.33. The normalized spacial score (nSPS) is 15.3. The van der Waals surface area contributed by atoms with E-state index in [2.05, 4.69) is 10.6 Å². The van der Waals surface area contributed by atoms with Gasteiger partial charge < -0.3 is 15.7 Å². The maximum Gasteiger partial charge on any atom is 0.326 e. The van der Waals surface area contributed by atoms with Crippen molar-refractivity contribution < 1.29 is 18.9 Å². The van der Waals surface area contributed by atoms with Crippen molar-refractivity contribution >= 4 is 34.6 Å². The first-order valence-corrected chi connectivity index (χ1v) is 9.07. The van der Waals surface area contributed by atoms with Crippen molar-refractivity contribution in [2.45, 2.75) is 31.8 Å². The molecule has 0 aromatic rings. The number of carbonyl (C=O) groups excluding carboxylic acids is 1. The van der Waals surface area contributed by atoms with Crippen LogP contribution in [0.5, 0.6) is 0 Å². The number of nitrogens with one attached hydrogen (secondary N) is 2. The van der Waals surface area contributed by atoms with Gasteiger partial charge in [-0.05, 0) is 31.8 Å². The molecule has 2 unspecified atom stereocenters. The molecule has 0 aromatic heterocycles. The van der Waals surface area contributed by atoms with Crippen molar-refractivity contribution in [2.24, 2.45) is 0 Å². The van der Waals surface area contributed by atoms with Gasteiger partial charge in [0.05, 0.1) is 0 Å².